The number of pyridine rings is 1. The molecule has 0 bridgehead atoms. The normalized spacial score (nSPS) is 17.7. The average molecular weight is 249 g/mol. The molecule has 2 rings (SSSR count). The highest BCUT2D eigenvalue weighted by Gasteiger charge is 2.16. The predicted molar refractivity (Wildman–Crippen MR) is 68.1 cm³/mol. The highest BCUT2D eigenvalue weighted by Crippen LogP contribution is 2.13. The van der Waals surface area contributed by atoms with E-state index in [-0.39, 0.29) is 0 Å². The fourth-order valence-corrected chi connectivity index (χ4v) is 2.16. The van der Waals surface area contributed by atoms with Gasteiger partial charge in [-0.1, -0.05) is 0 Å². The fraction of sp³-hybridized carbons (Fsp3) is 0.538. The first kappa shape index (κ1) is 13.0. The monoisotopic (exact) mass is 249 g/mol. The molecule has 1 aliphatic heterocycles. The van der Waals surface area contributed by atoms with Crippen molar-refractivity contribution in [1.82, 2.24) is 9.88 Å². The third kappa shape index (κ3) is 3.27. The molecule has 0 aliphatic carbocycles. The molecule has 5 nitrogen and oxygen atoms in total. The van der Waals surface area contributed by atoms with Gasteiger partial charge in [0.1, 0.15) is 5.69 Å². The third-order valence-corrected chi connectivity index (χ3v) is 3.26. The highest BCUT2D eigenvalue weighted by atomic mass is 16.5. The van der Waals surface area contributed by atoms with Gasteiger partial charge < -0.3 is 10.5 Å². The van der Waals surface area contributed by atoms with E-state index >= 15 is 0 Å². The molecule has 2 N–H and O–H groups in total. The third-order valence-electron chi connectivity index (χ3n) is 3.26. The van der Waals surface area contributed by atoms with E-state index in [9.17, 15) is 4.79 Å². The standard InChI is InChI=1S/C13H19N3O2/c1-18-13(17)12-8-10(2-5-15-12)9-16-6-3-11(14)4-7-16/h2,5,8,11H,3-4,6-7,9,14H2,1H3. The van der Waals surface area contributed by atoms with E-state index in [4.69, 9.17) is 5.73 Å². The Hall–Kier alpha value is -1.46. The quantitative estimate of drug-likeness (QED) is 0.802. The van der Waals surface area contributed by atoms with E-state index in [1.165, 1.54) is 7.11 Å². The molecule has 0 aromatic carbocycles. The van der Waals surface area contributed by atoms with Gasteiger partial charge in [-0.05, 0) is 43.6 Å². The minimum atomic E-state index is -0.391. The summed E-state index contributed by atoms with van der Waals surface area (Å²) in [6, 6.07) is 4.06. The van der Waals surface area contributed by atoms with Gasteiger partial charge in [0, 0.05) is 18.8 Å². The number of likely N-dealkylation sites (tertiary alicyclic amines) is 1. The number of carbonyl (C=O) groups is 1. The van der Waals surface area contributed by atoms with Crippen LogP contribution in [0.15, 0.2) is 18.3 Å². The van der Waals surface area contributed by atoms with Crippen molar-refractivity contribution in [2.24, 2.45) is 5.73 Å². The minimum absolute atomic E-state index is 0.337. The summed E-state index contributed by atoms with van der Waals surface area (Å²) in [4.78, 5) is 17.7. The second-order valence-electron chi connectivity index (χ2n) is 4.65. The van der Waals surface area contributed by atoms with Crippen molar-refractivity contribution in [2.75, 3.05) is 20.2 Å². The number of hydrogen-bond donors (Lipinski definition) is 1. The number of methoxy groups -OCH3 is 1. The van der Waals surface area contributed by atoms with Gasteiger partial charge in [0.25, 0.3) is 0 Å². The summed E-state index contributed by atoms with van der Waals surface area (Å²) in [6.07, 6.45) is 3.72. The first-order valence-electron chi connectivity index (χ1n) is 6.20. The van der Waals surface area contributed by atoms with E-state index in [0.29, 0.717) is 11.7 Å². The van der Waals surface area contributed by atoms with Gasteiger partial charge in [-0.2, -0.15) is 0 Å². The molecule has 0 unspecified atom stereocenters. The van der Waals surface area contributed by atoms with Crippen LogP contribution in [-0.2, 0) is 11.3 Å². The van der Waals surface area contributed by atoms with Crippen LogP contribution >= 0.6 is 0 Å². The number of hydrogen-bond acceptors (Lipinski definition) is 5. The van der Waals surface area contributed by atoms with Crippen LogP contribution < -0.4 is 5.73 Å². The Kier molecular flexibility index (Phi) is 4.28. The van der Waals surface area contributed by atoms with Gasteiger partial charge in [0.05, 0.1) is 7.11 Å². The molecule has 2 heterocycles. The van der Waals surface area contributed by atoms with E-state index in [1.54, 1.807) is 12.3 Å². The molecule has 0 spiro atoms. The molecule has 0 radical (unpaired) electrons. The summed E-state index contributed by atoms with van der Waals surface area (Å²) in [6.45, 7) is 2.85. The van der Waals surface area contributed by atoms with Gasteiger partial charge in [-0.15, -0.1) is 0 Å². The Labute approximate surface area is 107 Å². The summed E-state index contributed by atoms with van der Waals surface area (Å²) in [7, 11) is 1.36. The Morgan fingerprint density at radius 1 is 1.56 bits per heavy atom. The minimum Gasteiger partial charge on any atom is -0.464 e. The molecule has 1 aromatic heterocycles. The van der Waals surface area contributed by atoms with Crippen LogP contribution in [-0.4, -0.2) is 42.1 Å². The van der Waals surface area contributed by atoms with Crippen LogP contribution in [0.3, 0.4) is 0 Å². The van der Waals surface area contributed by atoms with Crippen LogP contribution in [0.25, 0.3) is 0 Å². The van der Waals surface area contributed by atoms with Crippen LogP contribution in [0.2, 0.25) is 0 Å². The van der Waals surface area contributed by atoms with E-state index in [0.717, 1.165) is 38.0 Å². The first-order valence-corrected chi connectivity index (χ1v) is 6.20. The molecule has 0 saturated carbocycles. The largest absolute Gasteiger partial charge is 0.464 e. The Morgan fingerprint density at radius 3 is 2.94 bits per heavy atom. The predicted octanol–water partition coefficient (Wildman–Crippen LogP) is 0.791. The highest BCUT2D eigenvalue weighted by molar-refractivity contribution is 5.87. The van der Waals surface area contributed by atoms with Gasteiger partial charge in [0.15, 0.2) is 0 Å². The second-order valence-corrected chi connectivity index (χ2v) is 4.65. The lowest BCUT2D eigenvalue weighted by atomic mass is 10.1. The maximum Gasteiger partial charge on any atom is 0.356 e. The van der Waals surface area contributed by atoms with E-state index < -0.39 is 5.97 Å². The van der Waals surface area contributed by atoms with Crippen molar-refractivity contribution in [2.45, 2.75) is 25.4 Å². The van der Waals surface area contributed by atoms with Crippen molar-refractivity contribution in [1.29, 1.82) is 0 Å². The van der Waals surface area contributed by atoms with Crippen molar-refractivity contribution in [3.05, 3.63) is 29.6 Å². The first-order chi connectivity index (χ1) is 8.69. The lowest BCUT2D eigenvalue weighted by Gasteiger charge is -2.30. The van der Waals surface area contributed by atoms with Crippen molar-refractivity contribution in [3.63, 3.8) is 0 Å². The summed E-state index contributed by atoms with van der Waals surface area (Å²) < 4.78 is 4.66. The molecular weight excluding hydrogens is 230 g/mol. The molecule has 18 heavy (non-hydrogen) atoms. The summed E-state index contributed by atoms with van der Waals surface area (Å²) in [5, 5.41) is 0. The zero-order valence-corrected chi connectivity index (χ0v) is 10.6. The topological polar surface area (TPSA) is 68.5 Å². The number of piperidine rings is 1. The Balaban J connectivity index is 1.99. The Morgan fingerprint density at radius 2 is 2.28 bits per heavy atom. The molecule has 5 heteroatoms. The Bertz CT molecular complexity index is 414. The summed E-state index contributed by atoms with van der Waals surface area (Å²) in [5.74, 6) is -0.391. The molecule has 0 atom stereocenters. The lowest BCUT2D eigenvalue weighted by molar-refractivity contribution is 0.0593. The van der Waals surface area contributed by atoms with Crippen molar-refractivity contribution < 1.29 is 9.53 Å². The van der Waals surface area contributed by atoms with Crippen molar-refractivity contribution in [3.8, 4) is 0 Å². The van der Waals surface area contributed by atoms with Crippen LogP contribution in [0.4, 0.5) is 0 Å². The number of rotatable bonds is 3. The number of esters is 1. The SMILES string of the molecule is COC(=O)c1cc(CN2CCC(N)CC2)ccn1. The maximum atomic E-state index is 11.4. The second kappa shape index (κ2) is 5.93. The maximum absolute atomic E-state index is 11.4. The smallest absolute Gasteiger partial charge is 0.356 e. The molecule has 1 aromatic rings. The number of carbonyl (C=O) groups excluding carboxylic acids is 1. The lowest BCUT2D eigenvalue weighted by Crippen LogP contribution is -2.39. The molecule has 0 amide bonds. The molecule has 1 saturated heterocycles. The number of nitrogens with two attached hydrogens (primary N) is 1. The number of nitrogens with zero attached hydrogens (tertiary/aromatic N) is 2. The van der Waals surface area contributed by atoms with Crippen LogP contribution in [0, 0.1) is 0 Å². The van der Waals surface area contributed by atoms with Gasteiger partial charge in [0.2, 0.25) is 0 Å². The zero-order valence-electron chi connectivity index (χ0n) is 10.6. The van der Waals surface area contributed by atoms with Gasteiger partial charge in [-0.3, -0.25) is 4.90 Å². The van der Waals surface area contributed by atoms with Gasteiger partial charge >= 0.3 is 5.97 Å². The summed E-state index contributed by atoms with van der Waals surface area (Å²) in [5.41, 5.74) is 7.32. The zero-order chi connectivity index (χ0) is 13.0. The molecular formula is C13H19N3O2. The molecule has 98 valence electrons. The van der Waals surface area contributed by atoms with Crippen LogP contribution in [0.1, 0.15) is 28.9 Å². The average Bonchev–Trinajstić information content (AvgIpc) is 2.41. The van der Waals surface area contributed by atoms with E-state index in [1.807, 2.05) is 6.07 Å². The molecule has 1 aliphatic rings. The summed E-state index contributed by atoms with van der Waals surface area (Å²) >= 11 is 0. The number of ether oxygens (including phenoxy) is 1. The van der Waals surface area contributed by atoms with Crippen molar-refractivity contribution >= 4 is 5.97 Å². The van der Waals surface area contributed by atoms with E-state index in [2.05, 4.69) is 14.6 Å². The van der Waals surface area contributed by atoms with Gasteiger partial charge in [-0.25, -0.2) is 9.78 Å². The fourth-order valence-electron chi connectivity index (χ4n) is 2.16. The molecule has 1 fully saturated rings. The van der Waals surface area contributed by atoms with Crippen LogP contribution in [0.5, 0.6) is 0 Å². The number of aromatic nitrogens is 1.